The van der Waals surface area contributed by atoms with E-state index in [9.17, 15) is 10.1 Å². The maximum atomic E-state index is 13.0. The fourth-order valence-electron chi connectivity index (χ4n) is 5.92. The molecule has 1 saturated carbocycles. The first kappa shape index (κ1) is 24.5. The Balaban J connectivity index is 1.32. The summed E-state index contributed by atoms with van der Waals surface area (Å²) >= 11 is 0. The molecule has 2 aromatic heterocycles. The van der Waals surface area contributed by atoms with Gasteiger partial charge in [0.2, 0.25) is 0 Å². The Labute approximate surface area is 216 Å². The van der Waals surface area contributed by atoms with Crippen LogP contribution in [-0.4, -0.2) is 50.9 Å². The van der Waals surface area contributed by atoms with Crippen molar-refractivity contribution >= 4 is 28.9 Å². The number of aliphatic imine (C=N–C) groups is 1. The van der Waals surface area contributed by atoms with E-state index < -0.39 is 5.60 Å². The van der Waals surface area contributed by atoms with Gasteiger partial charge in [0.05, 0.1) is 47.8 Å². The third-order valence-electron chi connectivity index (χ3n) is 7.46. The zero-order valence-electron chi connectivity index (χ0n) is 21.2. The monoisotopic (exact) mass is 497 g/mol. The normalized spacial score (nSPS) is 24.2. The summed E-state index contributed by atoms with van der Waals surface area (Å²) in [5.74, 6) is 0. The van der Waals surface area contributed by atoms with Gasteiger partial charge >= 0.3 is 6.09 Å². The van der Waals surface area contributed by atoms with Crippen molar-refractivity contribution in [3.05, 3.63) is 65.9 Å². The van der Waals surface area contributed by atoms with Crippen LogP contribution in [0.2, 0.25) is 0 Å². The smallest absolute Gasteiger partial charge is 0.410 e. The highest BCUT2D eigenvalue weighted by Gasteiger charge is 2.51. The van der Waals surface area contributed by atoms with E-state index in [-0.39, 0.29) is 11.5 Å². The Morgan fingerprint density at radius 2 is 2.16 bits per heavy atom. The van der Waals surface area contributed by atoms with Gasteiger partial charge in [-0.25, -0.2) is 9.78 Å². The van der Waals surface area contributed by atoms with Crippen LogP contribution in [0, 0.1) is 16.7 Å². The molecule has 2 aliphatic rings. The lowest BCUT2D eigenvalue weighted by Gasteiger charge is -2.43. The van der Waals surface area contributed by atoms with Crippen LogP contribution in [-0.2, 0) is 17.8 Å². The minimum Gasteiger partial charge on any atom is -0.441 e. The molecule has 9 nitrogen and oxygen atoms in total. The molecule has 1 saturated heterocycles. The van der Waals surface area contributed by atoms with Crippen molar-refractivity contribution < 1.29 is 9.53 Å². The largest absolute Gasteiger partial charge is 0.441 e. The molecule has 1 amide bonds. The van der Waals surface area contributed by atoms with Gasteiger partial charge in [-0.2, -0.15) is 5.26 Å². The highest BCUT2D eigenvalue weighted by atomic mass is 16.6. The number of rotatable bonds is 6. The van der Waals surface area contributed by atoms with Gasteiger partial charge in [-0.15, -0.1) is 0 Å². The number of ether oxygens (including phenoxy) is 1. The predicted molar refractivity (Wildman–Crippen MR) is 141 cm³/mol. The molecule has 2 fully saturated rings. The summed E-state index contributed by atoms with van der Waals surface area (Å²) in [6, 6.07) is 11.6. The van der Waals surface area contributed by atoms with E-state index in [2.05, 4.69) is 32.5 Å². The van der Waals surface area contributed by atoms with E-state index in [0.29, 0.717) is 18.7 Å². The second-order valence-electron chi connectivity index (χ2n) is 10.5. The lowest BCUT2D eigenvalue weighted by atomic mass is 9.68. The van der Waals surface area contributed by atoms with Crippen molar-refractivity contribution in [1.29, 1.82) is 5.26 Å². The summed E-state index contributed by atoms with van der Waals surface area (Å²) < 4.78 is 8.22. The SMILES string of the molecule is CN=CC(=CN)c1ccnc(CN2C[C@]3(CCC[C@](C)(Cn4cnc5ccc(C#N)cc54)C3)OC2=O)c1. The summed E-state index contributed by atoms with van der Waals surface area (Å²) in [5, 5.41) is 9.32. The molecule has 1 aromatic carbocycles. The maximum absolute atomic E-state index is 13.0. The summed E-state index contributed by atoms with van der Waals surface area (Å²) in [5.41, 5.74) is 10.1. The number of nitriles is 1. The fraction of sp³-hybridized carbons (Fsp3) is 0.393. The number of carbonyl (C=O) groups is 1. The molecule has 190 valence electrons. The summed E-state index contributed by atoms with van der Waals surface area (Å²) in [4.78, 5) is 27.8. The lowest BCUT2D eigenvalue weighted by Crippen LogP contribution is -2.44. The van der Waals surface area contributed by atoms with Crippen LogP contribution in [0.5, 0.6) is 0 Å². The Morgan fingerprint density at radius 3 is 2.95 bits per heavy atom. The number of fused-ring (bicyclic) bond motifs is 1. The molecular weight excluding hydrogens is 466 g/mol. The van der Waals surface area contributed by atoms with Gasteiger partial charge in [0.25, 0.3) is 0 Å². The van der Waals surface area contributed by atoms with Gasteiger partial charge in [0.15, 0.2) is 0 Å². The topological polar surface area (TPSA) is 122 Å². The summed E-state index contributed by atoms with van der Waals surface area (Å²) in [7, 11) is 1.70. The van der Waals surface area contributed by atoms with E-state index >= 15 is 0 Å². The van der Waals surface area contributed by atoms with Crippen LogP contribution in [0.4, 0.5) is 4.79 Å². The molecule has 0 radical (unpaired) electrons. The number of amides is 1. The van der Waals surface area contributed by atoms with Gasteiger partial charge in [0, 0.05) is 37.8 Å². The Morgan fingerprint density at radius 1 is 1.30 bits per heavy atom. The standard InChI is InChI=1S/C28H31N7O2/c1-27(17-35-19-33-24-5-4-20(12-29)10-25(24)35)7-3-8-28(16-27)18-34(26(36)37-28)15-23-11-21(6-9-32-23)22(13-30)14-31-2/h4-6,9-11,13-14,19H,3,7-8,15-18,30H2,1-2H3/t27-,28+/m0/s1. The number of hydrogen-bond acceptors (Lipinski definition) is 7. The highest BCUT2D eigenvalue weighted by molar-refractivity contribution is 6.09. The van der Waals surface area contributed by atoms with Gasteiger partial charge in [-0.05, 0) is 67.0 Å². The summed E-state index contributed by atoms with van der Waals surface area (Å²) in [6.45, 7) is 3.90. The first-order valence-corrected chi connectivity index (χ1v) is 12.5. The van der Waals surface area contributed by atoms with Crippen LogP contribution in [0.3, 0.4) is 0 Å². The molecule has 5 rings (SSSR count). The molecule has 1 aliphatic heterocycles. The minimum absolute atomic E-state index is 0.0801. The zero-order valence-corrected chi connectivity index (χ0v) is 21.2. The van der Waals surface area contributed by atoms with Gasteiger partial charge in [-0.1, -0.05) is 6.92 Å². The molecule has 37 heavy (non-hydrogen) atoms. The van der Waals surface area contributed by atoms with Crippen molar-refractivity contribution in [2.24, 2.45) is 16.1 Å². The van der Waals surface area contributed by atoms with Crippen molar-refractivity contribution in [1.82, 2.24) is 19.4 Å². The first-order chi connectivity index (χ1) is 17.9. The number of allylic oxidation sites excluding steroid dienone is 1. The van der Waals surface area contributed by atoms with Crippen LogP contribution in [0.1, 0.15) is 49.4 Å². The molecule has 2 atom stereocenters. The molecule has 3 heterocycles. The molecule has 3 aromatic rings. The van der Waals surface area contributed by atoms with E-state index in [4.69, 9.17) is 10.5 Å². The molecule has 2 N–H and O–H groups in total. The molecular formula is C28H31N7O2. The molecule has 0 bridgehead atoms. The van der Waals surface area contributed by atoms with Gasteiger partial charge in [0.1, 0.15) is 5.60 Å². The van der Waals surface area contributed by atoms with Gasteiger partial charge in [-0.3, -0.25) is 14.9 Å². The van der Waals surface area contributed by atoms with Crippen molar-refractivity contribution in [2.45, 2.75) is 51.3 Å². The van der Waals surface area contributed by atoms with Crippen LogP contribution >= 0.6 is 0 Å². The molecule has 1 aliphatic carbocycles. The van der Waals surface area contributed by atoms with Crippen LogP contribution < -0.4 is 5.73 Å². The molecule has 0 unspecified atom stereocenters. The van der Waals surface area contributed by atoms with Crippen molar-refractivity contribution in [3.8, 4) is 6.07 Å². The maximum Gasteiger partial charge on any atom is 0.410 e. The lowest BCUT2D eigenvalue weighted by molar-refractivity contribution is -0.0270. The Bertz CT molecular complexity index is 1440. The third-order valence-corrected chi connectivity index (χ3v) is 7.46. The highest BCUT2D eigenvalue weighted by Crippen LogP contribution is 2.47. The molecule has 1 spiro atoms. The quantitative estimate of drug-likeness (QED) is 0.507. The second kappa shape index (κ2) is 9.69. The Kier molecular flexibility index (Phi) is 6.42. The average Bonchev–Trinajstić information content (AvgIpc) is 3.41. The number of imidazole rings is 1. The number of nitrogens with two attached hydrogens (primary N) is 1. The zero-order chi connectivity index (χ0) is 26.0. The van der Waals surface area contributed by atoms with Crippen molar-refractivity contribution in [3.63, 3.8) is 0 Å². The predicted octanol–water partition coefficient (Wildman–Crippen LogP) is 4.27. The number of aromatic nitrogens is 3. The number of pyridine rings is 1. The fourth-order valence-corrected chi connectivity index (χ4v) is 5.92. The van der Waals surface area contributed by atoms with Gasteiger partial charge < -0.3 is 15.0 Å². The number of hydrogen-bond donors (Lipinski definition) is 1. The second-order valence-corrected chi connectivity index (χ2v) is 10.5. The van der Waals surface area contributed by atoms with E-state index in [0.717, 1.165) is 60.1 Å². The molecule has 9 heteroatoms. The minimum atomic E-state index is -0.521. The van der Waals surface area contributed by atoms with E-state index in [1.165, 1.54) is 6.20 Å². The summed E-state index contributed by atoms with van der Waals surface area (Å²) in [6.07, 6.45) is 10.1. The van der Waals surface area contributed by atoms with Crippen LogP contribution in [0.25, 0.3) is 16.6 Å². The average molecular weight is 498 g/mol. The van der Waals surface area contributed by atoms with E-state index in [1.54, 1.807) is 30.4 Å². The van der Waals surface area contributed by atoms with Crippen molar-refractivity contribution in [2.75, 3.05) is 13.6 Å². The number of benzene rings is 1. The number of nitrogens with zero attached hydrogens (tertiary/aromatic N) is 6. The van der Waals surface area contributed by atoms with E-state index in [1.807, 2.05) is 30.6 Å². The van der Waals surface area contributed by atoms with Crippen LogP contribution in [0.15, 0.2) is 54.0 Å². The Hall–Kier alpha value is -4.19. The first-order valence-electron chi connectivity index (χ1n) is 12.5. The number of carbonyl (C=O) groups excluding carboxylic acids is 1. The third kappa shape index (κ3) is 4.92.